The van der Waals surface area contributed by atoms with Gasteiger partial charge in [0.2, 0.25) is 0 Å². The lowest BCUT2D eigenvalue weighted by Gasteiger charge is -2.28. The van der Waals surface area contributed by atoms with Gasteiger partial charge in [-0.1, -0.05) is 6.58 Å². The molecule has 1 fully saturated rings. The number of halogens is 3. The van der Waals surface area contributed by atoms with E-state index in [1.165, 1.54) is 0 Å². The van der Waals surface area contributed by atoms with Gasteiger partial charge in [0.1, 0.15) is 0 Å². The van der Waals surface area contributed by atoms with Crippen molar-refractivity contribution < 1.29 is 22.7 Å². The minimum absolute atomic E-state index is 0.0118. The Bertz CT molecular complexity index is 552. The minimum Gasteiger partial charge on any atom is -0.462 e. The molecule has 0 aliphatic heterocycles. The fourth-order valence-electron chi connectivity index (χ4n) is 2.79. The summed E-state index contributed by atoms with van der Waals surface area (Å²) in [7, 11) is 0. The van der Waals surface area contributed by atoms with Crippen LogP contribution in [0.15, 0.2) is 24.3 Å². The van der Waals surface area contributed by atoms with E-state index in [0.717, 1.165) is 37.8 Å². The van der Waals surface area contributed by atoms with E-state index in [1.54, 1.807) is 6.92 Å². The predicted molar refractivity (Wildman–Crippen MR) is 76.8 cm³/mol. The van der Waals surface area contributed by atoms with Crippen LogP contribution in [0.1, 0.15) is 44.1 Å². The van der Waals surface area contributed by atoms with Gasteiger partial charge in [0.25, 0.3) is 0 Å². The third-order valence-corrected chi connectivity index (χ3v) is 4.12. The molecule has 0 atom stereocenters. The van der Waals surface area contributed by atoms with Crippen molar-refractivity contribution in [3.63, 3.8) is 0 Å². The number of esters is 1. The van der Waals surface area contributed by atoms with E-state index >= 15 is 0 Å². The summed E-state index contributed by atoms with van der Waals surface area (Å²) in [6.07, 6.45) is 3.07. The summed E-state index contributed by atoms with van der Waals surface area (Å²) in [4.78, 5) is 11.3. The zero-order chi connectivity index (χ0) is 16.3. The second-order valence-corrected chi connectivity index (χ2v) is 5.89. The first-order chi connectivity index (χ1) is 10.4. The summed E-state index contributed by atoms with van der Waals surface area (Å²) in [5.74, 6) is -3.86. The third kappa shape index (κ3) is 3.90. The number of carbonyl (C=O) groups excluding carboxylic acids is 1. The lowest BCUT2D eigenvalue weighted by atomic mass is 9.79. The number of benzene rings is 1. The Morgan fingerprint density at radius 3 is 2.23 bits per heavy atom. The first-order valence-electron chi connectivity index (χ1n) is 7.35. The quantitative estimate of drug-likeness (QED) is 0.465. The van der Waals surface area contributed by atoms with Gasteiger partial charge >= 0.3 is 5.97 Å². The first kappa shape index (κ1) is 16.6. The summed E-state index contributed by atoms with van der Waals surface area (Å²) in [6, 6.07) is 2.15. The zero-order valence-electron chi connectivity index (χ0n) is 12.5. The molecule has 2 nitrogen and oxygen atoms in total. The number of carbonyl (C=O) groups is 1. The molecule has 0 N–H and O–H groups in total. The standard InChI is InChI=1S/C17H19F3O2/c1-10(2)17(21)22-9-11-3-5-12(6-4-11)13-7-14(18)16(20)15(19)8-13/h7-8,11-12H,1,3-6,9H2,2H3. The molecular weight excluding hydrogens is 293 g/mol. The molecule has 0 aromatic heterocycles. The number of hydrogen-bond donors (Lipinski definition) is 0. The largest absolute Gasteiger partial charge is 0.462 e. The summed E-state index contributed by atoms with van der Waals surface area (Å²) in [5.41, 5.74) is 0.861. The van der Waals surface area contributed by atoms with Crippen molar-refractivity contribution in [3.05, 3.63) is 47.3 Å². The molecule has 120 valence electrons. The Hall–Kier alpha value is -1.78. The van der Waals surface area contributed by atoms with Gasteiger partial charge in [-0.15, -0.1) is 0 Å². The Balaban J connectivity index is 1.90. The van der Waals surface area contributed by atoms with E-state index in [1.807, 2.05) is 0 Å². The number of hydrogen-bond acceptors (Lipinski definition) is 2. The van der Waals surface area contributed by atoms with Crippen molar-refractivity contribution in [1.82, 2.24) is 0 Å². The minimum atomic E-state index is -1.43. The molecule has 1 aromatic rings. The fourth-order valence-corrected chi connectivity index (χ4v) is 2.79. The Morgan fingerprint density at radius 2 is 1.73 bits per heavy atom. The van der Waals surface area contributed by atoms with Gasteiger partial charge < -0.3 is 4.74 Å². The molecule has 0 saturated heterocycles. The molecule has 1 aliphatic rings. The highest BCUT2D eigenvalue weighted by Crippen LogP contribution is 2.36. The van der Waals surface area contributed by atoms with Crippen LogP contribution in [-0.2, 0) is 9.53 Å². The van der Waals surface area contributed by atoms with Gasteiger partial charge in [-0.2, -0.15) is 0 Å². The Labute approximate surface area is 128 Å². The molecule has 1 aliphatic carbocycles. The summed E-state index contributed by atoms with van der Waals surface area (Å²) in [5, 5.41) is 0. The van der Waals surface area contributed by atoms with Gasteiger partial charge in [-0.25, -0.2) is 18.0 Å². The molecule has 0 radical (unpaired) electrons. The first-order valence-corrected chi connectivity index (χ1v) is 7.35. The van der Waals surface area contributed by atoms with Crippen molar-refractivity contribution in [1.29, 1.82) is 0 Å². The van der Waals surface area contributed by atoms with Gasteiger partial charge in [0, 0.05) is 5.57 Å². The molecule has 0 heterocycles. The summed E-state index contributed by atoms with van der Waals surface area (Å²) in [6.45, 7) is 5.45. The number of rotatable bonds is 4. The van der Waals surface area contributed by atoms with Crippen LogP contribution in [0, 0.1) is 23.4 Å². The van der Waals surface area contributed by atoms with Crippen LogP contribution in [0.3, 0.4) is 0 Å². The smallest absolute Gasteiger partial charge is 0.333 e. The highest BCUT2D eigenvalue weighted by Gasteiger charge is 2.25. The van der Waals surface area contributed by atoms with Crippen LogP contribution in [0.25, 0.3) is 0 Å². The molecule has 5 heteroatoms. The van der Waals surface area contributed by atoms with E-state index in [4.69, 9.17) is 4.74 Å². The average Bonchev–Trinajstić information content (AvgIpc) is 2.50. The summed E-state index contributed by atoms with van der Waals surface area (Å²) >= 11 is 0. The second kappa shape index (κ2) is 6.99. The molecule has 0 spiro atoms. The van der Waals surface area contributed by atoms with Crippen molar-refractivity contribution in [2.45, 2.75) is 38.5 Å². The van der Waals surface area contributed by atoms with Gasteiger partial charge in [-0.05, 0) is 62.1 Å². The lowest BCUT2D eigenvalue weighted by molar-refractivity contribution is -0.140. The summed E-state index contributed by atoms with van der Waals surface area (Å²) < 4.78 is 44.7. The highest BCUT2D eigenvalue weighted by atomic mass is 19.2. The molecule has 0 amide bonds. The SMILES string of the molecule is C=C(C)C(=O)OCC1CCC(c2cc(F)c(F)c(F)c2)CC1. The van der Waals surface area contributed by atoms with Gasteiger partial charge in [0.15, 0.2) is 17.5 Å². The topological polar surface area (TPSA) is 26.3 Å². The van der Waals surface area contributed by atoms with E-state index in [-0.39, 0.29) is 11.8 Å². The van der Waals surface area contributed by atoms with Crippen LogP contribution in [0.2, 0.25) is 0 Å². The van der Waals surface area contributed by atoms with Crippen molar-refractivity contribution in [3.8, 4) is 0 Å². The third-order valence-electron chi connectivity index (χ3n) is 4.12. The Kier molecular flexibility index (Phi) is 5.27. The molecular formula is C17H19F3O2. The van der Waals surface area contributed by atoms with Crippen molar-refractivity contribution in [2.24, 2.45) is 5.92 Å². The highest BCUT2D eigenvalue weighted by molar-refractivity contribution is 5.86. The monoisotopic (exact) mass is 312 g/mol. The molecule has 0 unspecified atom stereocenters. The predicted octanol–water partition coefficient (Wildman–Crippen LogP) is 4.50. The average molecular weight is 312 g/mol. The van der Waals surface area contributed by atoms with E-state index < -0.39 is 23.4 Å². The molecule has 22 heavy (non-hydrogen) atoms. The van der Waals surface area contributed by atoms with Crippen molar-refractivity contribution in [2.75, 3.05) is 6.61 Å². The molecule has 0 bridgehead atoms. The van der Waals surface area contributed by atoms with Crippen LogP contribution in [0.5, 0.6) is 0 Å². The van der Waals surface area contributed by atoms with E-state index in [0.29, 0.717) is 17.7 Å². The van der Waals surface area contributed by atoms with Gasteiger partial charge in [-0.3, -0.25) is 0 Å². The maximum absolute atomic E-state index is 13.3. The van der Waals surface area contributed by atoms with Gasteiger partial charge in [0.05, 0.1) is 6.61 Å². The molecule has 1 aromatic carbocycles. The zero-order valence-corrected chi connectivity index (χ0v) is 12.5. The van der Waals surface area contributed by atoms with Crippen LogP contribution in [-0.4, -0.2) is 12.6 Å². The van der Waals surface area contributed by atoms with Crippen LogP contribution in [0.4, 0.5) is 13.2 Å². The molecule has 2 rings (SSSR count). The maximum Gasteiger partial charge on any atom is 0.333 e. The van der Waals surface area contributed by atoms with Crippen molar-refractivity contribution >= 4 is 5.97 Å². The van der Waals surface area contributed by atoms with Crippen LogP contribution >= 0.6 is 0 Å². The fraction of sp³-hybridized carbons (Fsp3) is 0.471. The second-order valence-electron chi connectivity index (χ2n) is 5.89. The lowest BCUT2D eigenvalue weighted by Crippen LogP contribution is -2.20. The maximum atomic E-state index is 13.3. The van der Waals surface area contributed by atoms with Crippen LogP contribution < -0.4 is 0 Å². The number of ether oxygens (including phenoxy) is 1. The van der Waals surface area contributed by atoms with E-state index in [9.17, 15) is 18.0 Å². The molecule has 1 saturated carbocycles. The van der Waals surface area contributed by atoms with E-state index in [2.05, 4.69) is 6.58 Å². The Morgan fingerprint density at radius 1 is 1.18 bits per heavy atom. The normalized spacial score (nSPS) is 21.5.